The number of piperidine rings is 1. The van der Waals surface area contributed by atoms with Crippen LogP contribution in [-0.4, -0.2) is 30.0 Å². The van der Waals surface area contributed by atoms with Gasteiger partial charge in [0.05, 0.1) is 0 Å². The van der Waals surface area contributed by atoms with Crippen molar-refractivity contribution < 1.29 is 9.53 Å². The molecule has 1 amide bonds. The zero-order valence-corrected chi connectivity index (χ0v) is 17.3. The number of amides is 1. The van der Waals surface area contributed by atoms with E-state index in [2.05, 4.69) is 34.5 Å². The molecule has 2 aromatic carbocycles. The molecule has 0 aromatic heterocycles. The number of likely N-dealkylation sites (tertiary alicyclic amines) is 1. The van der Waals surface area contributed by atoms with Gasteiger partial charge in [-0.05, 0) is 67.7 Å². The number of nitrogens with one attached hydrogen (secondary N) is 1. The van der Waals surface area contributed by atoms with E-state index in [1.165, 1.54) is 37.9 Å². The maximum atomic E-state index is 12.6. The Bertz CT molecular complexity index is 757. The molecule has 0 bridgehead atoms. The number of carbonyl (C=O) groups is 1. The van der Waals surface area contributed by atoms with E-state index < -0.39 is 6.10 Å². The fourth-order valence-electron chi connectivity index (χ4n) is 3.52. The molecule has 3 rings (SSSR count). The predicted molar refractivity (Wildman–Crippen MR) is 114 cm³/mol. The summed E-state index contributed by atoms with van der Waals surface area (Å²) >= 11 is 5.90. The van der Waals surface area contributed by atoms with Gasteiger partial charge < -0.3 is 10.1 Å². The standard InChI is InChI=1S/C23H29ClN2O2/c1-2-22(28-21-11-9-20(24)10-12-21)23(27)25-16-18-7-6-8-19(15-18)17-26-13-4-3-5-14-26/h6-12,15,22H,2-5,13-14,16-17H2,1H3,(H,25,27). The van der Waals surface area contributed by atoms with Crippen LogP contribution < -0.4 is 10.1 Å². The maximum absolute atomic E-state index is 12.6. The first-order chi connectivity index (χ1) is 13.6. The molecule has 1 fully saturated rings. The lowest BCUT2D eigenvalue weighted by Crippen LogP contribution is -2.37. The Balaban J connectivity index is 1.52. The molecule has 0 radical (unpaired) electrons. The first-order valence-electron chi connectivity index (χ1n) is 10.1. The van der Waals surface area contributed by atoms with Crippen molar-refractivity contribution in [3.63, 3.8) is 0 Å². The lowest BCUT2D eigenvalue weighted by atomic mass is 10.1. The summed E-state index contributed by atoms with van der Waals surface area (Å²) in [6, 6.07) is 15.6. The number of nitrogens with zero attached hydrogens (tertiary/aromatic N) is 1. The molecule has 0 saturated carbocycles. The second kappa shape index (κ2) is 10.5. The van der Waals surface area contributed by atoms with Crippen molar-refractivity contribution in [3.8, 4) is 5.75 Å². The van der Waals surface area contributed by atoms with E-state index in [1.807, 2.05) is 6.92 Å². The highest BCUT2D eigenvalue weighted by molar-refractivity contribution is 6.30. The first-order valence-corrected chi connectivity index (χ1v) is 10.5. The summed E-state index contributed by atoms with van der Waals surface area (Å²) in [6.07, 6.45) is 4.02. The molecule has 150 valence electrons. The Morgan fingerprint density at radius 3 is 2.54 bits per heavy atom. The Hall–Kier alpha value is -2.04. The van der Waals surface area contributed by atoms with Crippen LogP contribution in [0.25, 0.3) is 0 Å². The SMILES string of the molecule is CCC(Oc1ccc(Cl)cc1)C(=O)NCc1cccc(CN2CCCCC2)c1. The molecule has 0 spiro atoms. The molecule has 28 heavy (non-hydrogen) atoms. The fourth-order valence-corrected chi connectivity index (χ4v) is 3.64. The lowest BCUT2D eigenvalue weighted by Gasteiger charge is -2.26. The van der Waals surface area contributed by atoms with Gasteiger partial charge in [0.15, 0.2) is 6.10 Å². The molecule has 1 atom stereocenters. The van der Waals surface area contributed by atoms with Gasteiger partial charge in [-0.1, -0.05) is 49.2 Å². The van der Waals surface area contributed by atoms with E-state index >= 15 is 0 Å². The van der Waals surface area contributed by atoms with Gasteiger partial charge in [-0.25, -0.2) is 0 Å². The van der Waals surface area contributed by atoms with Crippen molar-refractivity contribution in [2.45, 2.75) is 51.8 Å². The number of benzene rings is 2. The number of hydrogen-bond donors (Lipinski definition) is 1. The smallest absolute Gasteiger partial charge is 0.261 e. The molecule has 2 aromatic rings. The number of halogens is 1. The van der Waals surface area contributed by atoms with Gasteiger partial charge in [0.2, 0.25) is 0 Å². The Kier molecular flexibility index (Phi) is 7.75. The van der Waals surface area contributed by atoms with Gasteiger partial charge in [-0.15, -0.1) is 0 Å². The van der Waals surface area contributed by atoms with Crippen molar-refractivity contribution in [2.75, 3.05) is 13.1 Å². The average Bonchev–Trinajstić information content (AvgIpc) is 2.72. The van der Waals surface area contributed by atoms with Gasteiger partial charge in [-0.2, -0.15) is 0 Å². The summed E-state index contributed by atoms with van der Waals surface area (Å²) < 4.78 is 5.82. The summed E-state index contributed by atoms with van der Waals surface area (Å²) in [6.45, 7) is 5.80. The highest BCUT2D eigenvalue weighted by Crippen LogP contribution is 2.18. The topological polar surface area (TPSA) is 41.6 Å². The molecule has 1 heterocycles. The van der Waals surface area contributed by atoms with Crippen molar-refractivity contribution in [1.29, 1.82) is 0 Å². The lowest BCUT2D eigenvalue weighted by molar-refractivity contribution is -0.128. The number of hydrogen-bond acceptors (Lipinski definition) is 3. The third-order valence-electron chi connectivity index (χ3n) is 5.07. The van der Waals surface area contributed by atoms with Gasteiger partial charge >= 0.3 is 0 Å². The summed E-state index contributed by atoms with van der Waals surface area (Å²) in [5.41, 5.74) is 2.42. The van der Waals surface area contributed by atoms with E-state index in [4.69, 9.17) is 16.3 Å². The normalized spacial score (nSPS) is 15.8. The molecule has 1 aliphatic heterocycles. The minimum absolute atomic E-state index is 0.0983. The molecule has 1 N–H and O–H groups in total. The Labute approximate surface area is 172 Å². The largest absolute Gasteiger partial charge is 0.481 e. The predicted octanol–water partition coefficient (Wildman–Crippen LogP) is 4.80. The number of rotatable bonds is 8. The minimum atomic E-state index is -0.516. The molecule has 5 heteroatoms. The van der Waals surface area contributed by atoms with Crippen LogP contribution in [0.1, 0.15) is 43.7 Å². The summed E-state index contributed by atoms with van der Waals surface area (Å²) in [4.78, 5) is 15.1. The number of ether oxygens (including phenoxy) is 1. The van der Waals surface area contributed by atoms with Crippen LogP contribution in [0.5, 0.6) is 5.75 Å². The van der Waals surface area contributed by atoms with Crippen LogP contribution in [0.15, 0.2) is 48.5 Å². The minimum Gasteiger partial charge on any atom is -0.481 e. The zero-order valence-electron chi connectivity index (χ0n) is 16.5. The second-order valence-corrected chi connectivity index (χ2v) is 7.78. The van der Waals surface area contributed by atoms with Crippen molar-refractivity contribution in [3.05, 3.63) is 64.7 Å². The third-order valence-corrected chi connectivity index (χ3v) is 5.32. The quantitative estimate of drug-likeness (QED) is 0.692. The zero-order chi connectivity index (χ0) is 19.8. The molecule has 1 saturated heterocycles. The molecule has 1 aliphatic rings. The van der Waals surface area contributed by atoms with E-state index in [0.29, 0.717) is 23.7 Å². The van der Waals surface area contributed by atoms with Gasteiger partial charge in [0.1, 0.15) is 5.75 Å². The van der Waals surface area contributed by atoms with Crippen LogP contribution in [0.3, 0.4) is 0 Å². The van der Waals surface area contributed by atoms with Gasteiger partial charge in [0.25, 0.3) is 5.91 Å². The fraction of sp³-hybridized carbons (Fsp3) is 0.435. The molecule has 4 nitrogen and oxygen atoms in total. The van der Waals surface area contributed by atoms with Crippen LogP contribution in [0.4, 0.5) is 0 Å². The maximum Gasteiger partial charge on any atom is 0.261 e. The second-order valence-electron chi connectivity index (χ2n) is 7.34. The molecule has 1 unspecified atom stereocenters. The van der Waals surface area contributed by atoms with E-state index in [1.54, 1.807) is 24.3 Å². The highest BCUT2D eigenvalue weighted by atomic mass is 35.5. The van der Waals surface area contributed by atoms with Crippen LogP contribution >= 0.6 is 11.6 Å². The van der Waals surface area contributed by atoms with E-state index in [0.717, 1.165) is 12.1 Å². The van der Waals surface area contributed by atoms with Crippen molar-refractivity contribution in [2.24, 2.45) is 0 Å². The van der Waals surface area contributed by atoms with Crippen LogP contribution in [0, 0.1) is 0 Å². The summed E-state index contributed by atoms with van der Waals surface area (Å²) in [5.74, 6) is 0.550. The van der Waals surface area contributed by atoms with E-state index in [-0.39, 0.29) is 5.91 Å². The molecular formula is C23H29ClN2O2. The molecular weight excluding hydrogens is 372 g/mol. The highest BCUT2D eigenvalue weighted by Gasteiger charge is 2.18. The van der Waals surface area contributed by atoms with Crippen molar-refractivity contribution in [1.82, 2.24) is 10.2 Å². The monoisotopic (exact) mass is 400 g/mol. The van der Waals surface area contributed by atoms with Crippen molar-refractivity contribution >= 4 is 17.5 Å². The summed E-state index contributed by atoms with van der Waals surface area (Å²) in [5, 5.41) is 3.66. The van der Waals surface area contributed by atoms with Crippen LogP contribution in [-0.2, 0) is 17.9 Å². The van der Waals surface area contributed by atoms with Crippen LogP contribution in [0.2, 0.25) is 5.02 Å². The average molecular weight is 401 g/mol. The van der Waals surface area contributed by atoms with Gasteiger partial charge in [-0.3, -0.25) is 9.69 Å². The number of carbonyl (C=O) groups excluding carboxylic acids is 1. The third kappa shape index (κ3) is 6.25. The first kappa shape index (κ1) is 20.7. The van der Waals surface area contributed by atoms with Gasteiger partial charge in [0, 0.05) is 18.1 Å². The molecule has 0 aliphatic carbocycles. The Morgan fingerprint density at radius 2 is 1.82 bits per heavy atom. The summed E-state index contributed by atoms with van der Waals surface area (Å²) in [7, 11) is 0. The van der Waals surface area contributed by atoms with E-state index in [9.17, 15) is 4.79 Å². The Morgan fingerprint density at radius 1 is 1.11 bits per heavy atom.